The fourth-order valence-corrected chi connectivity index (χ4v) is 1.84. The fraction of sp³-hybridized carbons (Fsp3) is 0.533. The van der Waals surface area contributed by atoms with Gasteiger partial charge in [0.25, 0.3) is 0 Å². The summed E-state index contributed by atoms with van der Waals surface area (Å²) < 4.78 is 0. The van der Waals surface area contributed by atoms with Crippen LogP contribution in [0.4, 0.5) is 0 Å². The van der Waals surface area contributed by atoms with Crippen LogP contribution in [0.3, 0.4) is 0 Å². The molecule has 0 fully saturated rings. The zero-order valence-corrected chi connectivity index (χ0v) is 15.1. The Morgan fingerprint density at radius 1 is 1.19 bits per heavy atom. The minimum atomic E-state index is -1.28. The molecule has 0 aliphatic carbocycles. The first kappa shape index (κ1) is 23.9. The molecule has 0 aromatic rings. The van der Waals surface area contributed by atoms with Gasteiger partial charge in [0, 0.05) is 6.54 Å². The van der Waals surface area contributed by atoms with Gasteiger partial charge in [0.1, 0.15) is 6.04 Å². The number of nitrogens with one attached hydrogen (secondary N) is 3. The van der Waals surface area contributed by atoms with Gasteiger partial charge in [-0.05, 0) is 26.0 Å². The van der Waals surface area contributed by atoms with E-state index in [4.69, 9.17) is 22.3 Å². The molecule has 0 saturated carbocycles. The van der Waals surface area contributed by atoms with Crippen LogP contribution >= 0.6 is 0 Å². The van der Waals surface area contributed by atoms with Crippen molar-refractivity contribution in [2.45, 2.75) is 38.3 Å². The van der Waals surface area contributed by atoms with E-state index in [0.717, 1.165) is 0 Å². The Hall–Kier alpha value is -3.15. The van der Waals surface area contributed by atoms with E-state index in [2.05, 4.69) is 20.9 Å². The van der Waals surface area contributed by atoms with Gasteiger partial charge in [-0.25, -0.2) is 0 Å². The van der Waals surface area contributed by atoms with E-state index in [1.54, 1.807) is 6.92 Å². The summed E-state index contributed by atoms with van der Waals surface area (Å²) >= 11 is 0. The average molecular weight is 385 g/mol. The van der Waals surface area contributed by atoms with Crippen LogP contribution in [0.5, 0.6) is 0 Å². The molecule has 0 unspecified atom stereocenters. The second-order valence-electron chi connectivity index (χ2n) is 5.50. The summed E-state index contributed by atoms with van der Waals surface area (Å²) in [6, 6.07) is -2.14. The van der Waals surface area contributed by atoms with E-state index in [1.807, 2.05) is 0 Å². The summed E-state index contributed by atoms with van der Waals surface area (Å²) in [5.41, 5.74) is 16.0. The molecule has 10 N–H and O–H groups in total. The Bertz CT molecular complexity index is 587. The molecule has 0 spiro atoms. The third kappa shape index (κ3) is 11.9. The average Bonchev–Trinajstić information content (AvgIpc) is 2.59. The van der Waals surface area contributed by atoms with Gasteiger partial charge in [-0.3, -0.25) is 24.2 Å². The van der Waals surface area contributed by atoms with Crippen LogP contribution in [0, 0.1) is 0 Å². The maximum Gasteiger partial charge on any atom is 0.305 e. The number of nitrogens with zero attached hydrogens (tertiary/aromatic N) is 1. The minimum Gasteiger partial charge on any atom is -0.481 e. The number of aliphatic carboxylic acids is 1. The summed E-state index contributed by atoms with van der Waals surface area (Å²) in [7, 11) is 0. The SMILES string of the molecule is C/C=C/NC(=O)[C@H](CC(=O)O)NC(=O)CNC(=O)[C@@H](N)CCCN=C(N)N. The third-order valence-corrected chi connectivity index (χ3v) is 3.15. The van der Waals surface area contributed by atoms with E-state index in [0.29, 0.717) is 19.4 Å². The molecular weight excluding hydrogens is 358 g/mol. The predicted octanol–water partition coefficient (Wildman–Crippen LogP) is -2.91. The molecule has 0 aromatic heterocycles. The topological polar surface area (TPSA) is 215 Å². The van der Waals surface area contributed by atoms with Crippen LogP contribution in [0.15, 0.2) is 17.3 Å². The summed E-state index contributed by atoms with van der Waals surface area (Å²) in [6.45, 7) is 1.52. The maximum atomic E-state index is 11.9. The van der Waals surface area contributed by atoms with Crippen molar-refractivity contribution in [1.29, 1.82) is 0 Å². The molecule has 0 heterocycles. The molecule has 152 valence electrons. The Labute approximate surface area is 156 Å². The van der Waals surface area contributed by atoms with Crippen molar-refractivity contribution in [2.24, 2.45) is 22.2 Å². The molecular formula is C15H27N7O5. The lowest BCUT2D eigenvalue weighted by molar-refractivity contribution is -0.140. The highest BCUT2D eigenvalue weighted by Crippen LogP contribution is 1.96. The number of aliphatic imine (C=N–C) groups is 1. The number of nitrogens with two attached hydrogens (primary N) is 3. The van der Waals surface area contributed by atoms with Crippen molar-refractivity contribution in [3.63, 3.8) is 0 Å². The summed E-state index contributed by atoms with van der Waals surface area (Å²) in [5, 5.41) is 15.7. The van der Waals surface area contributed by atoms with Gasteiger partial charge in [0.05, 0.1) is 19.0 Å². The molecule has 12 nitrogen and oxygen atoms in total. The standard InChI is InChI=1S/C15H27N7O5/c1-2-5-19-14(27)10(7-12(24)25)22-11(23)8-21-13(26)9(16)4-3-6-20-15(17)18/h2,5,9-10H,3-4,6-8,16H2,1H3,(H,19,27)(H,21,26)(H,22,23)(H,24,25)(H4,17,18,20)/b5-2+/t9-,10-/m0/s1. The van der Waals surface area contributed by atoms with Gasteiger partial charge in [-0.15, -0.1) is 0 Å². The number of hydrogen-bond acceptors (Lipinski definition) is 6. The molecule has 0 aromatic carbocycles. The molecule has 2 atom stereocenters. The Balaban J connectivity index is 4.42. The number of carboxylic acid groups (broad SMARTS) is 1. The largest absolute Gasteiger partial charge is 0.481 e. The number of hydrogen-bond donors (Lipinski definition) is 7. The Morgan fingerprint density at radius 3 is 2.41 bits per heavy atom. The van der Waals surface area contributed by atoms with Gasteiger partial charge in [-0.2, -0.15) is 0 Å². The third-order valence-electron chi connectivity index (χ3n) is 3.15. The summed E-state index contributed by atoms with van der Waals surface area (Å²) in [5.74, 6) is -3.30. The van der Waals surface area contributed by atoms with Gasteiger partial charge in [-0.1, -0.05) is 6.08 Å². The number of allylic oxidation sites excluding steroid dienone is 1. The Kier molecular flexibility index (Phi) is 11.6. The number of carboxylic acids is 1. The highest BCUT2D eigenvalue weighted by atomic mass is 16.4. The lowest BCUT2D eigenvalue weighted by atomic mass is 10.1. The molecule has 0 aliphatic rings. The van der Waals surface area contributed by atoms with Crippen molar-refractivity contribution in [3.05, 3.63) is 12.3 Å². The monoisotopic (exact) mass is 385 g/mol. The van der Waals surface area contributed by atoms with Crippen LogP contribution in [-0.2, 0) is 19.2 Å². The summed E-state index contributed by atoms with van der Waals surface area (Å²) in [6.07, 6.45) is 3.02. The number of rotatable bonds is 12. The lowest BCUT2D eigenvalue weighted by Crippen LogP contribution is -2.51. The van der Waals surface area contributed by atoms with Crippen LogP contribution in [0.25, 0.3) is 0 Å². The van der Waals surface area contributed by atoms with Crippen molar-refractivity contribution < 1.29 is 24.3 Å². The van der Waals surface area contributed by atoms with Gasteiger partial charge < -0.3 is 38.3 Å². The molecule has 12 heteroatoms. The second-order valence-corrected chi connectivity index (χ2v) is 5.50. The van der Waals surface area contributed by atoms with Crippen LogP contribution < -0.4 is 33.2 Å². The van der Waals surface area contributed by atoms with E-state index < -0.39 is 48.7 Å². The van der Waals surface area contributed by atoms with Gasteiger partial charge >= 0.3 is 5.97 Å². The number of carbonyl (C=O) groups is 4. The number of guanidine groups is 1. The molecule has 0 saturated heterocycles. The van der Waals surface area contributed by atoms with Gasteiger partial charge in [0.15, 0.2) is 5.96 Å². The van der Waals surface area contributed by atoms with Crippen molar-refractivity contribution in [1.82, 2.24) is 16.0 Å². The summed E-state index contributed by atoms with van der Waals surface area (Å²) in [4.78, 5) is 50.1. The van der Waals surface area contributed by atoms with Gasteiger partial charge in [0.2, 0.25) is 17.7 Å². The molecule has 0 rings (SSSR count). The quantitative estimate of drug-likeness (QED) is 0.105. The van der Waals surface area contributed by atoms with Crippen molar-refractivity contribution >= 4 is 29.7 Å². The molecule has 0 radical (unpaired) electrons. The molecule has 0 bridgehead atoms. The lowest BCUT2D eigenvalue weighted by Gasteiger charge is -2.16. The first-order chi connectivity index (χ1) is 12.7. The van der Waals surface area contributed by atoms with E-state index in [-0.39, 0.29) is 5.96 Å². The predicted molar refractivity (Wildman–Crippen MR) is 98.0 cm³/mol. The maximum absolute atomic E-state index is 11.9. The van der Waals surface area contributed by atoms with E-state index in [1.165, 1.54) is 12.3 Å². The van der Waals surface area contributed by atoms with Crippen LogP contribution in [0.2, 0.25) is 0 Å². The fourth-order valence-electron chi connectivity index (χ4n) is 1.84. The van der Waals surface area contributed by atoms with E-state index >= 15 is 0 Å². The molecule has 3 amide bonds. The first-order valence-electron chi connectivity index (χ1n) is 8.18. The zero-order valence-electron chi connectivity index (χ0n) is 15.1. The van der Waals surface area contributed by atoms with Crippen molar-refractivity contribution in [3.8, 4) is 0 Å². The first-order valence-corrected chi connectivity index (χ1v) is 8.18. The smallest absolute Gasteiger partial charge is 0.305 e. The Morgan fingerprint density at radius 2 is 1.85 bits per heavy atom. The number of carbonyl (C=O) groups excluding carboxylic acids is 3. The molecule has 0 aliphatic heterocycles. The van der Waals surface area contributed by atoms with E-state index in [9.17, 15) is 19.2 Å². The highest BCUT2D eigenvalue weighted by molar-refractivity contribution is 5.93. The van der Waals surface area contributed by atoms with Crippen molar-refractivity contribution in [2.75, 3.05) is 13.1 Å². The second kappa shape index (κ2) is 13.1. The zero-order chi connectivity index (χ0) is 20.8. The highest BCUT2D eigenvalue weighted by Gasteiger charge is 2.23. The normalized spacial score (nSPS) is 12.7. The van der Waals surface area contributed by atoms with Crippen LogP contribution in [0.1, 0.15) is 26.2 Å². The van der Waals surface area contributed by atoms with Crippen LogP contribution in [-0.4, -0.2) is 59.9 Å². The minimum absolute atomic E-state index is 0.0564. The molecule has 27 heavy (non-hydrogen) atoms. The number of amides is 3.